The Morgan fingerprint density at radius 1 is 1.29 bits per heavy atom. The van der Waals surface area contributed by atoms with Gasteiger partial charge in [0.05, 0.1) is 7.11 Å². The molecule has 0 radical (unpaired) electrons. The number of carbonyl (C=O) groups is 1. The van der Waals surface area contributed by atoms with Crippen LogP contribution in [0.15, 0.2) is 48.5 Å². The van der Waals surface area contributed by atoms with Gasteiger partial charge in [-0.2, -0.15) is 0 Å². The summed E-state index contributed by atoms with van der Waals surface area (Å²) in [6.45, 7) is 2.46. The summed E-state index contributed by atoms with van der Waals surface area (Å²) in [6.07, 6.45) is 1.02. The van der Waals surface area contributed by atoms with Crippen molar-refractivity contribution in [3.63, 3.8) is 0 Å². The number of hydrogen-bond acceptors (Lipinski definition) is 3. The number of nitrogens with one attached hydrogen (secondary N) is 1. The van der Waals surface area contributed by atoms with E-state index in [1.807, 2.05) is 24.3 Å². The summed E-state index contributed by atoms with van der Waals surface area (Å²) >= 11 is 0. The van der Waals surface area contributed by atoms with Crippen LogP contribution in [0, 0.1) is 11.7 Å². The smallest absolute Gasteiger partial charge is 0.251 e. The molecule has 1 fully saturated rings. The van der Waals surface area contributed by atoms with Crippen molar-refractivity contribution in [2.75, 3.05) is 31.6 Å². The number of carbonyl (C=O) groups excluding carboxylic acids is 1. The minimum Gasteiger partial charge on any atom is -0.497 e. The van der Waals surface area contributed by atoms with Gasteiger partial charge >= 0.3 is 0 Å². The van der Waals surface area contributed by atoms with Gasteiger partial charge in [-0.3, -0.25) is 4.79 Å². The van der Waals surface area contributed by atoms with E-state index in [0.717, 1.165) is 30.9 Å². The second-order valence-corrected chi connectivity index (χ2v) is 6.02. The number of hydrogen-bond donors (Lipinski definition) is 1. The Morgan fingerprint density at radius 2 is 2.08 bits per heavy atom. The largest absolute Gasteiger partial charge is 0.497 e. The van der Waals surface area contributed by atoms with Crippen LogP contribution in [-0.2, 0) is 0 Å². The molecule has 5 heteroatoms. The Hall–Kier alpha value is -2.56. The van der Waals surface area contributed by atoms with E-state index in [0.29, 0.717) is 18.0 Å². The molecular weight excluding hydrogens is 307 g/mol. The Balaban J connectivity index is 1.51. The van der Waals surface area contributed by atoms with Gasteiger partial charge in [-0.25, -0.2) is 4.39 Å². The van der Waals surface area contributed by atoms with Gasteiger partial charge in [0.25, 0.3) is 5.91 Å². The predicted molar refractivity (Wildman–Crippen MR) is 92.0 cm³/mol. The Kier molecular flexibility index (Phi) is 4.99. The normalized spacial score (nSPS) is 16.9. The molecule has 1 atom stereocenters. The first kappa shape index (κ1) is 16.3. The summed E-state index contributed by atoms with van der Waals surface area (Å²) < 4.78 is 18.3. The van der Waals surface area contributed by atoms with E-state index in [1.54, 1.807) is 19.2 Å². The molecule has 1 aliphatic heterocycles. The molecule has 126 valence electrons. The van der Waals surface area contributed by atoms with Crippen LogP contribution in [0.25, 0.3) is 0 Å². The van der Waals surface area contributed by atoms with Gasteiger partial charge in [0.15, 0.2) is 0 Å². The highest BCUT2D eigenvalue weighted by Crippen LogP contribution is 2.25. The van der Waals surface area contributed by atoms with Crippen LogP contribution >= 0.6 is 0 Å². The van der Waals surface area contributed by atoms with Crippen molar-refractivity contribution in [3.05, 3.63) is 59.9 Å². The maximum atomic E-state index is 13.2. The molecule has 1 saturated heterocycles. The molecule has 0 bridgehead atoms. The van der Waals surface area contributed by atoms with E-state index >= 15 is 0 Å². The lowest BCUT2D eigenvalue weighted by Gasteiger charge is -2.19. The molecule has 0 aliphatic carbocycles. The zero-order chi connectivity index (χ0) is 16.9. The molecular formula is C19H21FN2O2. The van der Waals surface area contributed by atoms with Gasteiger partial charge in [0.2, 0.25) is 0 Å². The lowest BCUT2D eigenvalue weighted by Crippen LogP contribution is -2.31. The topological polar surface area (TPSA) is 41.6 Å². The predicted octanol–water partition coefficient (Wildman–Crippen LogP) is 3.09. The average Bonchev–Trinajstić information content (AvgIpc) is 3.09. The fourth-order valence-electron chi connectivity index (χ4n) is 3.00. The summed E-state index contributed by atoms with van der Waals surface area (Å²) in [6, 6.07) is 13.8. The Morgan fingerprint density at radius 3 is 2.79 bits per heavy atom. The van der Waals surface area contributed by atoms with E-state index in [4.69, 9.17) is 4.74 Å². The van der Waals surface area contributed by atoms with Gasteiger partial charge < -0.3 is 15.0 Å². The molecule has 24 heavy (non-hydrogen) atoms. The second kappa shape index (κ2) is 7.34. The number of benzene rings is 2. The first-order valence-electron chi connectivity index (χ1n) is 8.08. The standard InChI is InChI=1S/C19H21FN2O2/c1-24-18-7-5-17(6-8-18)22-10-9-14(13-22)12-21-19(23)15-3-2-4-16(20)11-15/h2-8,11,14H,9-10,12-13H2,1H3,(H,21,23). The summed E-state index contributed by atoms with van der Waals surface area (Å²) in [5, 5.41) is 2.91. The highest BCUT2D eigenvalue weighted by molar-refractivity contribution is 5.94. The van der Waals surface area contributed by atoms with Crippen LogP contribution in [0.3, 0.4) is 0 Å². The lowest BCUT2D eigenvalue weighted by atomic mass is 10.1. The lowest BCUT2D eigenvalue weighted by molar-refractivity contribution is 0.0948. The maximum Gasteiger partial charge on any atom is 0.251 e. The SMILES string of the molecule is COc1ccc(N2CCC(CNC(=O)c3cccc(F)c3)C2)cc1. The molecule has 2 aromatic carbocycles. The van der Waals surface area contributed by atoms with Crippen LogP contribution in [0.1, 0.15) is 16.8 Å². The quantitative estimate of drug-likeness (QED) is 0.917. The van der Waals surface area contributed by atoms with Gasteiger partial charge in [-0.15, -0.1) is 0 Å². The van der Waals surface area contributed by atoms with E-state index in [9.17, 15) is 9.18 Å². The fourth-order valence-corrected chi connectivity index (χ4v) is 3.00. The molecule has 2 aromatic rings. The van der Waals surface area contributed by atoms with Crippen LogP contribution < -0.4 is 15.0 Å². The molecule has 1 N–H and O–H groups in total. The van der Waals surface area contributed by atoms with Gasteiger partial charge in [0.1, 0.15) is 11.6 Å². The minimum atomic E-state index is -0.394. The number of ether oxygens (including phenoxy) is 1. The monoisotopic (exact) mass is 328 g/mol. The highest BCUT2D eigenvalue weighted by atomic mass is 19.1. The minimum absolute atomic E-state index is 0.225. The van der Waals surface area contributed by atoms with Gasteiger partial charge in [-0.05, 0) is 54.8 Å². The third-order valence-corrected chi connectivity index (χ3v) is 4.36. The summed E-state index contributed by atoms with van der Waals surface area (Å²) in [7, 11) is 1.65. The maximum absolute atomic E-state index is 13.2. The summed E-state index contributed by atoms with van der Waals surface area (Å²) in [4.78, 5) is 14.4. The molecule has 1 unspecified atom stereocenters. The fraction of sp³-hybridized carbons (Fsp3) is 0.316. The first-order chi connectivity index (χ1) is 11.7. The van der Waals surface area contributed by atoms with Crippen LogP contribution in [-0.4, -0.2) is 32.7 Å². The first-order valence-corrected chi connectivity index (χ1v) is 8.08. The van der Waals surface area contributed by atoms with Crippen molar-refractivity contribution < 1.29 is 13.9 Å². The molecule has 1 aliphatic rings. The number of anilines is 1. The summed E-state index contributed by atoms with van der Waals surface area (Å²) in [5.41, 5.74) is 1.52. The Bertz CT molecular complexity index is 703. The van der Waals surface area contributed by atoms with Gasteiger partial charge in [0, 0.05) is 30.9 Å². The average molecular weight is 328 g/mol. The molecule has 3 rings (SSSR count). The zero-order valence-corrected chi connectivity index (χ0v) is 13.7. The third-order valence-electron chi connectivity index (χ3n) is 4.36. The van der Waals surface area contributed by atoms with Crippen molar-refractivity contribution in [2.24, 2.45) is 5.92 Å². The van der Waals surface area contributed by atoms with Crippen LogP contribution in [0.5, 0.6) is 5.75 Å². The van der Waals surface area contributed by atoms with Crippen molar-refractivity contribution in [2.45, 2.75) is 6.42 Å². The van der Waals surface area contributed by atoms with E-state index in [2.05, 4.69) is 10.2 Å². The highest BCUT2D eigenvalue weighted by Gasteiger charge is 2.23. The number of nitrogens with zero attached hydrogens (tertiary/aromatic N) is 1. The number of amides is 1. The van der Waals surface area contributed by atoms with E-state index in [-0.39, 0.29) is 5.91 Å². The van der Waals surface area contributed by atoms with Crippen molar-refractivity contribution in [1.82, 2.24) is 5.32 Å². The number of rotatable bonds is 5. The zero-order valence-electron chi connectivity index (χ0n) is 13.7. The molecule has 0 aromatic heterocycles. The van der Waals surface area contributed by atoms with Crippen molar-refractivity contribution >= 4 is 11.6 Å². The summed E-state index contributed by atoms with van der Waals surface area (Å²) in [5.74, 6) is 0.619. The molecule has 4 nitrogen and oxygen atoms in total. The van der Waals surface area contributed by atoms with Gasteiger partial charge in [-0.1, -0.05) is 6.07 Å². The molecule has 1 amide bonds. The van der Waals surface area contributed by atoms with Crippen LogP contribution in [0.2, 0.25) is 0 Å². The molecule has 1 heterocycles. The van der Waals surface area contributed by atoms with Crippen molar-refractivity contribution in [3.8, 4) is 5.75 Å². The third kappa shape index (κ3) is 3.85. The molecule has 0 saturated carbocycles. The van der Waals surface area contributed by atoms with E-state index in [1.165, 1.54) is 12.1 Å². The van der Waals surface area contributed by atoms with Crippen molar-refractivity contribution in [1.29, 1.82) is 0 Å². The second-order valence-electron chi connectivity index (χ2n) is 6.02. The van der Waals surface area contributed by atoms with Crippen LogP contribution in [0.4, 0.5) is 10.1 Å². The number of methoxy groups -OCH3 is 1. The Labute approximate surface area is 141 Å². The molecule has 0 spiro atoms. The number of halogens is 1. The van der Waals surface area contributed by atoms with E-state index < -0.39 is 5.82 Å².